The zero-order valence-corrected chi connectivity index (χ0v) is 16.9. The number of hydrogen-bond donors (Lipinski definition) is 1. The molecule has 4 aromatic rings. The largest absolute Gasteiger partial charge is 0.493 e. The van der Waals surface area contributed by atoms with E-state index in [9.17, 15) is 9.59 Å². The van der Waals surface area contributed by atoms with Crippen molar-refractivity contribution in [3.63, 3.8) is 0 Å². The second kappa shape index (κ2) is 7.38. The molecule has 3 heterocycles. The van der Waals surface area contributed by atoms with Crippen LogP contribution in [0.25, 0.3) is 22.2 Å². The summed E-state index contributed by atoms with van der Waals surface area (Å²) >= 11 is 1.73. The molecule has 150 valence electrons. The Morgan fingerprint density at radius 3 is 2.93 bits per heavy atom. The first-order valence-corrected chi connectivity index (χ1v) is 10.3. The summed E-state index contributed by atoms with van der Waals surface area (Å²) in [6, 6.07) is 14.1. The number of benzene rings is 2. The quantitative estimate of drug-likeness (QED) is 0.503. The van der Waals surface area contributed by atoms with Gasteiger partial charge in [0.2, 0.25) is 0 Å². The minimum absolute atomic E-state index is 0.0708. The minimum Gasteiger partial charge on any atom is -0.493 e. The summed E-state index contributed by atoms with van der Waals surface area (Å²) in [7, 11) is 1.50. The third kappa shape index (κ3) is 3.25. The number of para-hydroxylation sites is 1. The number of methoxy groups -OCH3 is 1. The zero-order valence-electron chi connectivity index (χ0n) is 16.0. The number of anilines is 1. The van der Waals surface area contributed by atoms with Crippen molar-refractivity contribution in [3.8, 4) is 17.0 Å². The van der Waals surface area contributed by atoms with E-state index in [0.717, 1.165) is 28.7 Å². The lowest BCUT2D eigenvalue weighted by molar-refractivity contribution is 0.102. The molecule has 0 atom stereocenters. The minimum atomic E-state index is -0.719. The molecule has 7 nitrogen and oxygen atoms in total. The zero-order chi connectivity index (χ0) is 20.7. The molecule has 2 aromatic heterocycles. The summed E-state index contributed by atoms with van der Waals surface area (Å²) in [5, 5.41) is 4.39. The molecule has 1 N–H and O–H groups in total. The monoisotopic (exact) mass is 419 g/mol. The Labute approximate surface area is 175 Å². The van der Waals surface area contributed by atoms with E-state index in [-0.39, 0.29) is 5.56 Å². The number of amides is 1. The predicted octanol–water partition coefficient (Wildman–Crippen LogP) is 4.02. The summed E-state index contributed by atoms with van der Waals surface area (Å²) in [5.41, 5.74) is 1.84. The molecule has 0 saturated heterocycles. The van der Waals surface area contributed by atoms with Crippen molar-refractivity contribution < 1.29 is 13.9 Å². The maximum Gasteiger partial charge on any atom is 0.349 e. The summed E-state index contributed by atoms with van der Waals surface area (Å²) in [6.07, 6.45) is 2.02. The van der Waals surface area contributed by atoms with E-state index in [1.165, 1.54) is 13.2 Å². The topological polar surface area (TPSA) is 86.4 Å². The number of carbonyl (C=O) groups is 1. The van der Waals surface area contributed by atoms with Crippen LogP contribution in [0.3, 0.4) is 0 Å². The van der Waals surface area contributed by atoms with Crippen LogP contribution in [0.15, 0.2) is 69.1 Å². The van der Waals surface area contributed by atoms with Crippen molar-refractivity contribution in [2.24, 2.45) is 0 Å². The van der Waals surface area contributed by atoms with Crippen molar-refractivity contribution in [3.05, 3.63) is 70.7 Å². The summed E-state index contributed by atoms with van der Waals surface area (Å²) in [4.78, 5) is 29.8. The van der Waals surface area contributed by atoms with E-state index in [4.69, 9.17) is 9.15 Å². The predicted molar refractivity (Wildman–Crippen MR) is 115 cm³/mol. The number of nitrogens with one attached hydrogen (secondary N) is 1. The third-order valence-corrected chi connectivity index (χ3v) is 5.88. The summed E-state index contributed by atoms with van der Waals surface area (Å²) < 4.78 is 12.7. The van der Waals surface area contributed by atoms with Crippen molar-refractivity contribution in [1.82, 2.24) is 9.55 Å². The van der Waals surface area contributed by atoms with Gasteiger partial charge in [0.25, 0.3) is 5.91 Å². The van der Waals surface area contributed by atoms with Gasteiger partial charge in [0.05, 0.1) is 12.8 Å². The Morgan fingerprint density at radius 1 is 1.23 bits per heavy atom. The van der Waals surface area contributed by atoms with Crippen LogP contribution < -0.4 is 15.7 Å². The summed E-state index contributed by atoms with van der Waals surface area (Å²) in [6.45, 7) is 0.950. The fraction of sp³-hybridized carbons (Fsp3) is 0.136. The van der Waals surface area contributed by atoms with E-state index in [1.807, 2.05) is 24.4 Å². The first-order valence-electron chi connectivity index (χ1n) is 9.35. The second-order valence-corrected chi connectivity index (χ2v) is 7.87. The number of rotatable bonds is 4. The Bertz CT molecular complexity index is 1320. The molecule has 0 spiro atoms. The number of carbonyl (C=O) groups excluding carboxylic acids is 1. The number of hydrogen-bond acceptors (Lipinski definition) is 6. The van der Waals surface area contributed by atoms with Gasteiger partial charge in [-0.3, -0.25) is 4.79 Å². The molecule has 0 saturated carbocycles. The highest BCUT2D eigenvalue weighted by atomic mass is 32.2. The molecule has 30 heavy (non-hydrogen) atoms. The molecule has 1 aliphatic heterocycles. The molecular weight excluding hydrogens is 402 g/mol. The Hall–Kier alpha value is -3.52. The molecular formula is C22H17N3O4S. The summed E-state index contributed by atoms with van der Waals surface area (Å²) in [5.74, 6) is 0.946. The number of aryl methyl sites for hydroxylation is 1. The first kappa shape index (κ1) is 18.5. The molecule has 8 heteroatoms. The molecule has 0 aliphatic carbocycles. The number of fused-ring (bicyclic) bond motifs is 2. The fourth-order valence-electron chi connectivity index (χ4n) is 3.44. The number of thioether (sulfide) groups is 1. The van der Waals surface area contributed by atoms with E-state index in [2.05, 4.69) is 14.9 Å². The molecule has 0 unspecified atom stereocenters. The number of aromatic nitrogens is 2. The average Bonchev–Trinajstić information content (AvgIpc) is 3.35. The Kier molecular flexibility index (Phi) is 4.55. The molecule has 0 radical (unpaired) electrons. The highest BCUT2D eigenvalue weighted by molar-refractivity contribution is 7.99. The van der Waals surface area contributed by atoms with Crippen LogP contribution in [0.4, 0.5) is 5.69 Å². The van der Waals surface area contributed by atoms with Crippen molar-refractivity contribution >= 4 is 34.3 Å². The van der Waals surface area contributed by atoms with Crippen molar-refractivity contribution in [1.29, 1.82) is 0 Å². The van der Waals surface area contributed by atoms with E-state index < -0.39 is 11.5 Å². The maximum atomic E-state index is 12.8. The van der Waals surface area contributed by atoms with E-state index in [1.54, 1.807) is 36.0 Å². The average molecular weight is 419 g/mol. The van der Waals surface area contributed by atoms with Gasteiger partial charge in [0.1, 0.15) is 5.56 Å². The lowest BCUT2D eigenvalue weighted by Crippen LogP contribution is -2.20. The lowest BCUT2D eigenvalue weighted by Gasteiger charge is -2.08. The fourth-order valence-corrected chi connectivity index (χ4v) is 4.38. The SMILES string of the molecule is COc1cccc2cc(C(=O)Nc3cccc(-c4cn5c(n4)SCC5)c3)c(=O)oc12. The Morgan fingerprint density at radius 2 is 2.10 bits per heavy atom. The van der Waals surface area contributed by atoms with Crippen LogP contribution in [0.2, 0.25) is 0 Å². The molecule has 1 aliphatic rings. The standard InChI is InChI=1S/C22H17N3O4S/c1-28-18-7-3-5-14-11-16(21(27)29-19(14)18)20(26)23-15-6-2-4-13(10-15)17-12-25-8-9-30-22(25)24-17/h2-7,10-12H,8-9H2,1H3,(H,23,26). The number of ether oxygens (including phenoxy) is 1. The van der Waals surface area contributed by atoms with Gasteiger partial charge in [-0.25, -0.2) is 9.78 Å². The maximum absolute atomic E-state index is 12.8. The number of nitrogens with zero attached hydrogens (tertiary/aromatic N) is 2. The molecule has 5 rings (SSSR count). The third-order valence-electron chi connectivity index (χ3n) is 4.91. The van der Waals surface area contributed by atoms with Gasteiger partial charge in [0.15, 0.2) is 16.5 Å². The van der Waals surface area contributed by atoms with E-state index in [0.29, 0.717) is 22.4 Å². The molecule has 2 aromatic carbocycles. The van der Waals surface area contributed by atoms with Crippen LogP contribution in [-0.2, 0) is 6.54 Å². The van der Waals surface area contributed by atoms with Gasteiger partial charge < -0.3 is 19.0 Å². The Balaban J connectivity index is 1.44. The molecule has 0 fully saturated rings. The van der Waals surface area contributed by atoms with Gasteiger partial charge in [-0.2, -0.15) is 0 Å². The smallest absolute Gasteiger partial charge is 0.349 e. The van der Waals surface area contributed by atoms with Gasteiger partial charge in [-0.1, -0.05) is 36.0 Å². The second-order valence-electron chi connectivity index (χ2n) is 6.81. The van der Waals surface area contributed by atoms with Crippen molar-refractivity contribution in [2.75, 3.05) is 18.2 Å². The van der Waals surface area contributed by atoms with Gasteiger partial charge in [-0.15, -0.1) is 0 Å². The van der Waals surface area contributed by atoms with E-state index >= 15 is 0 Å². The van der Waals surface area contributed by atoms with Crippen LogP contribution >= 0.6 is 11.8 Å². The molecule has 0 bridgehead atoms. The van der Waals surface area contributed by atoms with Crippen LogP contribution in [0, 0.1) is 0 Å². The van der Waals surface area contributed by atoms with Crippen molar-refractivity contribution in [2.45, 2.75) is 11.7 Å². The van der Waals surface area contributed by atoms with Gasteiger partial charge in [-0.05, 0) is 24.3 Å². The highest BCUT2D eigenvalue weighted by Gasteiger charge is 2.18. The van der Waals surface area contributed by atoms with Gasteiger partial charge in [0, 0.05) is 35.1 Å². The lowest BCUT2D eigenvalue weighted by atomic mass is 10.1. The normalized spacial score (nSPS) is 12.7. The number of imidazole rings is 1. The molecule has 1 amide bonds. The first-order chi connectivity index (χ1) is 14.6. The van der Waals surface area contributed by atoms with Gasteiger partial charge >= 0.3 is 5.63 Å². The highest BCUT2D eigenvalue weighted by Crippen LogP contribution is 2.30. The van der Waals surface area contributed by atoms with Crippen LogP contribution in [-0.4, -0.2) is 28.3 Å². The van der Waals surface area contributed by atoms with Crippen LogP contribution in [0.5, 0.6) is 5.75 Å². The van der Waals surface area contributed by atoms with Crippen LogP contribution in [0.1, 0.15) is 10.4 Å².